The SMILES string of the molecule is Cc1ncc(CN=C(N)N2CCSCC2)s1.I. The van der Waals surface area contributed by atoms with Gasteiger partial charge in [0.05, 0.1) is 11.6 Å². The van der Waals surface area contributed by atoms with Crippen LogP contribution < -0.4 is 5.73 Å². The molecule has 0 atom stereocenters. The Bertz CT molecular complexity index is 374. The summed E-state index contributed by atoms with van der Waals surface area (Å²) >= 11 is 3.65. The Morgan fingerprint density at radius 2 is 2.24 bits per heavy atom. The number of nitrogens with two attached hydrogens (primary N) is 1. The number of rotatable bonds is 2. The Morgan fingerprint density at radius 3 is 2.82 bits per heavy atom. The van der Waals surface area contributed by atoms with E-state index in [1.165, 1.54) is 4.88 Å². The number of halogens is 1. The molecule has 0 aliphatic carbocycles. The molecule has 2 N–H and O–H groups in total. The molecule has 1 fully saturated rings. The van der Waals surface area contributed by atoms with Crippen LogP contribution in [0.5, 0.6) is 0 Å². The van der Waals surface area contributed by atoms with E-state index in [2.05, 4.69) is 14.9 Å². The molecule has 0 spiro atoms. The molecule has 1 saturated heterocycles. The van der Waals surface area contributed by atoms with Gasteiger partial charge < -0.3 is 10.6 Å². The molecule has 0 amide bonds. The first-order valence-corrected chi connectivity index (χ1v) is 7.27. The highest BCUT2D eigenvalue weighted by Crippen LogP contribution is 2.13. The smallest absolute Gasteiger partial charge is 0.191 e. The molecule has 17 heavy (non-hydrogen) atoms. The predicted molar refractivity (Wildman–Crippen MR) is 86.5 cm³/mol. The van der Waals surface area contributed by atoms with Crippen LogP contribution in [0.2, 0.25) is 0 Å². The summed E-state index contributed by atoms with van der Waals surface area (Å²) in [5.41, 5.74) is 5.95. The Balaban J connectivity index is 0.00000144. The van der Waals surface area contributed by atoms with Crippen molar-refractivity contribution in [2.45, 2.75) is 13.5 Å². The van der Waals surface area contributed by atoms with Crippen molar-refractivity contribution in [3.05, 3.63) is 16.1 Å². The normalized spacial score (nSPS) is 16.8. The van der Waals surface area contributed by atoms with E-state index < -0.39 is 0 Å². The standard InChI is InChI=1S/C10H16N4S2.HI/c1-8-12-6-9(16-8)7-13-10(11)14-2-4-15-5-3-14;/h6H,2-5,7H2,1H3,(H2,11,13);1H. The number of thioether (sulfide) groups is 1. The first-order valence-electron chi connectivity index (χ1n) is 5.29. The number of guanidine groups is 1. The molecule has 0 aromatic carbocycles. The van der Waals surface area contributed by atoms with Gasteiger partial charge in [-0.15, -0.1) is 35.3 Å². The number of aliphatic imine (C=N–C) groups is 1. The summed E-state index contributed by atoms with van der Waals surface area (Å²) in [6, 6.07) is 0. The van der Waals surface area contributed by atoms with Gasteiger partial charge in [0.15, 0.2) is 5.96 Å². The van der Waals surface area contributed by atoms with Crippen LogP contribution in [0.4, 0.5) is 0 Å². The van der Waals surface area contributed by atoms with Crippen molar-refractivity contribution in [1.82, 2.24) is 9.88 Å². The lowest BCUT2D eigenvalue weighted by molar-refractivity contribution is 0.456. The summed E-state index contributed by atoms with van der Waals surface area (Å²) < 4.78 is 0. The van der Waals surface area contributed by atoms with Crippen LogP contribution in [-0.2, 0) is 6.54 Å². The van der Waals surface area contributed by atoms with E-state index in [-0.39, 0.29) is 24.0 Å². The number of hydrogen-bond acceptors (Lipinski definition) is 4. The van der Waals surface area contributed by atoms with Gasteiger partial charge in [-0.2, -0.15) is 11.8 Å². The van der Waals surface area contributed by atoms with E-state index in [0.717, 1.165) is 29.6 Å². The zero-order chi connectivity index (χ0) is 11.4. The van der Waals surface area contributed by atoms with Crippen LogP contribution in [0.1, 0.15) is 9.88 Å². The molecule has 1 aliphatic rings. The summed E-state index contributed by atoms with van der Waals surface area (Å²) in [6.45, 7) is 4.69. The minimum absolute atomic E-state index is 0. The molecule has 1 aliphatic heterocycles. The third kappa shape index (κ3) is 4.63. The van der Waals surface area contributed by atoms with Crippen molar-refractivity contribution in [2.75, 3.05) is 24.6 Å². The quantitative estimate of drug-likeness (QED) is 0.481. The van der Waals surface area contributed by atoms with Crippen molar-refractivity contribution in [1.29, 1.82) is 0 Å². The maximum absolute atomic E-state index is 5.95. The van der Waals surface area contributed by atoms with E-state index in [9.17, 15) is 0 Å². The second-order valence-corrected chi connectivity index (χ2v) is 6.16. The van der Waals surface area contributed by atoms with Gasteiger partial charge in [0.2, 0.25) is 0 Å². The molecule has 2 rings (SSSR count). The van der Waals surface area contributed by atoms with Crippen molar-refractivity contribution in [2.24, 2.45) is 10.7 Å². The second kappa shape index (κ2) is 7.42. The lowest BCUT2D eigenvalue weighted by Crippen LogP contribution is -2.42. The van der Waals surface area contributed by atoms with Crippen molar-refractivity contribution >= 4 is 53.0 Å². The van der Waals surface area contributed by atoms with Crippen molar-refractivity contribution in [3.8, 4) is 0 Å². The molecule has 2 heterocycles. The largest absolute Gasteiger partial charge is 0.370 e. The van der Waals surface area contributed by atoms with Gasteiger partial charge in [-0.3, -0.25) is 0 Å². The van der Waals surface area contributed by atoms with Gasteiger partial charge in [0.1, 0.15) is 0 Å². The average molecular weight is 384 g/mol. The third-order valence-electron chi connectivity index (χ3n) is 2.40. The zero-order valence-corrected chi connectivity index (χ0v) is 13.7. The van der Waals surface area contributed by atoms with Gasteiger partial charge in [0.25, 0.3) is 0 Å². The van der Waals surface area contributed by atoms with E-state index >= 15 is 0 Å². The van der Waals surface area contributed by atoms with Crippen LogP contribution in [0.3, 0.4) is 0 Å². The molecular formula is C10H17IN4S2. The molecule has 4 nitrogen and oxygen atoms in total. The molecule has 0 bridgehead atoms. The maximum atomic E-state index is 5.95. The molecule has 7 heteroatoms. The van der Waals surface area contributed by atoms with Crippen LogP contribution in [0.15, 0.2) is 11.2 Å². The summed E-state index contributed by atoms with van der Waals surface area (Å²) in [7, 11) is 0. The van der Waals surface area contributed by atoms with Gasteiger partial charge in [-0.05, 0) is 6.92 Å². The lowest BCUT2D eigenvalue weighted by Gasteiger charge is -2.27. The highest BCUT2D eigenvalue weighted by Gasteiger charge is 2.11. The maximum Gasteiger partial charge on any atom is 0.191 e. The second-order valence-electron chi connectivity index (χ2n) is 3.62. The molecule has 1 aromatic rings. The first-order chi connectivity index (χ1) is 7.75. The highest BCUT2D eigenvalue weighted by atomic mass is 127. The number of nitrogens with zero attached hydrogens (tertiary/aromatic N) is 3. The van der Waals surface area contributed by atoms with Crippen molar-refractivity contribution in [3.63, 3.8) is 0 Å². The zero-order valence-electron chi connectivity index (χ0n) is 9.76. The molecule has 0 unspecified atom stereocenters. The summed E-state index contributed by atoms with van der Waals surface area (Å²) in [5, 5.41) is 1.08. The Kier molecular flexibility index (Phi) is 6.57. The number of aryl methyl sites for hydroxylation is 1. The number of thiazole rings is 1. The van der Waals surface area contributed by atoms with Crippen molar-refractivity contribution < 1.29 is 0 Å². The summed E-state index contributed by atoms with van der Waals surface area (Å²) in [4.78, 5) is 11.9. The van der Waals surface area contributed by atoms with Gasteiger partial charge in [-0.25, -0.2) is 9.98 Å². The first kappa shape index (κ1) is 15.0. The van der Waals surface area contributed by atoms with E-state index in [4.69, 9.17) is 5.73 Å². The minimum atomic E-state index is 0. The minimum Gasteiger partial charge on any atom is -0.370 e. The summed E-state index contributed by atoms with van der Waals surface area (Å²) in [6.07, 6.45) is 1.88. The fraction of sp³-hybridized carbons (Fsp3) is 0.600. The monoisotopic (exact) mass is 384 g/mol. The van der Waals surface area contributed by atoms with Gasteiger partial charge in [-0.1, -0.05) is 0 Å². The predicted octanol–water partition coefficient (Wildman–Crippen LogP) is 1.93. The Morgan fingerprint density at radius 1 is 1.53 bits per heavy atom. The Hall–Kier alpha value is -0.0200. The van der Waals surface area contributed by atoms with Crippen LogP contribution in [0.25, 0.3) is 0 Å². The fourth-order valence-corrected chi connectivity index (χ4v) is 3.15. The highest BCUT2D eigenvalue weighted by molar-refractivity contribution is 14.0. The van der Waals surface area contributed by atoms with Crippen LogP contribution in [0, 0.1) is 6.92 Å². The fourth-order valence-electron chi connectivity index (χ4n) is 1.53. The molecule has 0 saturated carbocycles. The van der Waals surface area contributed by atoms with Crippen LogP contribution in [-0.4, -0.2) is 40.4 Å². The molecule has 1 aromatic heterocycles. The van der Waals surface area contributed by atoms with E-state index in [1.807, 2.05) is 24.9 Å². The number of aromatic nitrogens is 1. The molecular weight excluding hydrogens is 367 g/mol. The molecule has 96 valence electrons. The Labute approximate surface area is 127 Å². The van der Waals surface area contributed by atoms with E-state index in [0.29, 0.717) is 12.5 Å². The average Bonchev–Trinajstić information content (AvgIpc) is 2.73. The van der Waals surface area contributed by atoms with Gasteiger partial charge >= 0.3 is 0 Å². The van der Waals surface area contributed by atoms with E-state index in [1.54, 1.807) is 11.3 Å². The summed E-state index contributed by atoms with van der Waals surface area (Å²) in [5.74, 6) is 2.97. The van der Waals surface area contributed by atoms with Crippen LogP contribution >= 0.6 is 47.1 Å². The third-order valence-corrected chi connectivity index (χ3v) is 4.24. The lowest BCUT2D eigenvalue weighted by atomic mass is 10.5. The van der Waals surface area contributed by atoms with Gasteiger partial charge in [0, 0.05) is 35.7 Å². The molecule has 0 radical (unpaired) electrons. The topological polar surface area (TPSA) is 54.5 Å². The number of hydrogen-bond donors (Lipinski definition) is 1.